The molecule has 5 nitrogen and oxygen atoms in total. The standard InChI is InChI=1S/C12H17N3O2/c13-7-10-8-14-5-6-15(10)12(17)9-1-3-11(16)4-2-9/h1-4,10,14,16H,5-8,13H2. The minimum atomic E-state index is -0.0260. The largest absolute Gasteiger partial charge is 0.508 e. The molecule has 1 heterocycles. The predicted octanol–water partition coefficient (Wildman–Crippen LogP) is -0.235. The summed E-state index contributed by atoms with van der Waals surface area (Å²) in [5, 5.41) is 12.4. The van der Waals surface area contributed by atoms with Gasteiger partial charge in [0.05, 0.1) is 6.04 Å². The van der Waals surface area contributed by atoms with Crippen LogP contribution in [0.25, 0.3) is 0 Å². The number of nitrogens with one attached hydrogen (secondary N) is 1. The number of phenolic OH excluding ortho intramolecular Hbond substituents is 1. The van der Waals surface area contributed by atoms with Gasteiger partial charge in [-0.25, -0.2) is 0 Å². The summed E-state index contributed by atoms with van der Waals surface area (Å²) in [5.41, 5.74) is 6.25. The quantitative estimate of drug-likeness (QED) is 0.661. The molecule has 1 saturated heterocycles. The van der Waals surface area contributed by atoms with Crippen LogP contribution in [0.5, 0.6) is 5.75 Å². The van der Waals surface area contributed by atoms with E-state index in [9.17, 15) is 9.90 Å². The van der Waals surface area contributed by atoms with Crippen molar-refractivity contribution in [3.63, 3.8) is 0 Å². The number of phenols is 1. The number of amides is 1. The molecule has 1 unspecified atom stereocenters. The average Bonchev–Trinajstić information content (AvgIpc) is 2.39. The van der Waals surface area contributed by atoms with E-state index < -0.39 is 0 Å². The highest BCUT2D eigenvalue weighted by Gasteiger charge is 2.25. The highest BCUT2D eigenvalue weighted by Crippen LogP contribution is 2.14. The maximum Gasteiger partial charge on any atom is 0.254 e. The van der Waals surface area contributed by atoms with Crippen molar-refractivity contribution in [3.8, 4) is 5.75 Å². The molecule has 1 aliphatic heterocycles. The Morgan fingerprint density at radius 2 is 2.18 bits per heavy atom. The average molecular weight is 235 g/mol. The molecule has 17 heavy (non-hydrogen) atoms. The van der Waals surface area contributed by atoms with E-state index in [-0.39, 0.29) is 17.7 Å². The van der Waals surface area contributed by atoms with Gasteiger partial charge in [-0.15, -0.1) is 0 Å². The molecule has 2 rings (SSSR count). The van der Waals surface area contributed by atoms with Crippen molar-refractivity contribution in [2.24, 2.45) is 5.73 Å². The lowest BCUT2D eigenvalue weighted by molar-refractivity contribution is 0.0645. The zero-order chi connectivity index (χ0) is 12.3. The summed E-state index contributed by atoms with van der Waals surface area (Å²) in [5.74, 6) is 0.138. The fraction of sp³-hybridized carbons (Fsp3) is 0.417. The van der Waals surface area contributed by atoms with Gasteiger partial charge >= 0.3 is 0 Å². The summed E-state index contributed by atoms with van der Waals surface area (Å²) >= 11 is 0. The van der Waals surface area contributed by atoms with E-state index in [1.807, 2.05) is 0 Å². The molecule has 1 fully saturated rings. The van der Waals surface area contributed by atoms with Gasteiger partial charge in [-0.1, -0.05) is 0 Å². The molecular weight excluding hydrogens is 218 g/mol. The minimum Gasteiger partial charge on any atom is -0.508 e. The number of carbonyl (C=O) groups is 1. The van der Waals surface area contributed by atoms with E-state index in [1.165, 1.54) is 12.1 Å². The Morgan fingerprint density at radius 1 is 1.47 bits per heavy atom. The van der Waals surface area contributed by atoms with Crippen molar-refractivity contribution in [2.45, 2.75) is 6.04 Å². The molecular formula is C12H17N3O2. The third-order valence-electron chi connectivity index (χ3n) is 3.00. The molecule has 0 saturated carbocycles. The van der Waals surface area contributed by atoms with Crippen molar-refractivity contribution in [3.05, 3.63) is 29.8 Å². The number of nitrogens with zero attached hydrogens (tertiary/aromatic N) is 1. The lowest BCUT2D eigenvalue weighted by atomic mass is 10.1. The summed E-state index contributed by atoms with van der Waals surface area (Å²) in [4.78, 5) is 14.0. The first-order valence-electron chi connectivity index (χ1n) is 5.73. The number of aromatic hydroxyl groups is 1. The zero-order valence-electron chi connectivity index (χ0n) is 9.60. The highest BCUT2D eigenvalue weighted by molar-refractivity contribution is 5.94. The summed E-state index contributed by atoms with van der Waals surface area (Å²) in [7, 11) is 0. The van der Waals surface area contributed by atoms with Crippen LogP contribution in [0.2, 0.25) is 0 Å². The third kappa shape index (κ3) is 2.57. The molecule has 1 aromatic carbocycles. The van der Waals surface area contributed by atoms with Gasteiger partial charge in [0.25, 0.3) is 5.91 Å². The van der Waals surface area contributed by atoms with Gasteiger partial charge in [-0.05, 0) is 24.3 Å². The van der Waals surface area contributed by atoms with Crippen LogP contribution in [-0.4, -0.2) is 48.1 Å². The number of hydrogen-bond donors (Lipinski definition) is 3. The van der Waals surface area contributed by atoms with Crippen LogP contribution in [-0.2, 0) is 0 Å². The van der Waals surface area contributed by atoms with Crippen LogP contribution >= 0.6 is 0 Å². The molecule has 1 aromatic rings. The van der Waals surface area contributed by atoms with Gasteiger partial charge in [-0.2, -0.15) is 0 Å². The lowest BCUT2D eigenvalue weighted by Gasteiger charge is -2.35. The van der Waals surface area contributed by atoms with Crippen LogP contribution in [0.15, 0.2) is 24.3 Å². The molecule has 1 amide bonds. The van der Waals surface area contributed by atoms with Crippen LogP contribution in [0.4, 0.5) is 0 Å². The number of rotatable bonds is 2. The van der Waals surface area contributed by atoms with E-state index in [4.69, 9.17) is 5.73 Å². The Bertz CT molecular complexity index is 391. The normalized spacial score (nSPS) is 20.3. The molecule has 5 heteroatoms. The van der Waals surface area contributed by atoms with Gasteiger partial charge < -0.3 is 21.1 Å². The van der Waals surface area contributed by atoms with Gasteiger partial charge in [0.15, 0.2) is 0 Å². The number of nitrogens with two attached hydrogens (primary N) is 1. The van der Waals surface area contributed by atoms with Crippen molar-refractivity contribution in [1.82, 2.24) is 10.2 Å². The Kier molecular flexibility index (Phi) is 3.61. The molecule has 0 bridgehead atoms. The summed E-state index contributed by atoms with van der Waals surface area (Å²) in [6.45, 7) is 2.65. The SMILES string of the molecule is NCC1CNCCN1C(=O)c1ccc(O)cc1. The van der Waals surface area contributed by atoms with Gasteiger partial charge in [0.2, 0.25) is 0 Å². The predicted molar refractivity (Wildman–Crippen MR) is 64.9 cm³/mol. The second kappa shape index (κ2) is 5.16. The van der Waals surface area contributed by atoms with Gasteiger partial charge in [0, 0.05) is 31.7 Å². The monoisotopic (exact) mass is 235 g/mol. The first-order valence-corrected chi connectivity index (χ1v) is 5.73. The Morgan fingerprint density at radius 3 is 2.82 bits per heavy atom. The second-order valence-electron chi connectivity index (χ2n) is 4.14. The van der Waals surface area contributed by atoms with Crippen molar-refractivity contribution >= 4 is 5.91 Å². The Hall–Kier alpha value is -1.59. The second-order valence-corrected chi connectivity index (χ2v) is 4.14. The number of hydrogen-bond acceptors (Lipinski definition) is 4. The lowest BCUT2D eigenvalue weighted by Crippen LogP contribution is -2.56. The molecule has 1 atom stereocenters. The number of carbonyl (C=O) groups excluding carboxylic acids is 1. The van der Waals surface area contributed by atoms with E-state index in [1.54, 1.807) is 17.0 Å². The van der Waals surface area contributed by atoms with Crippen molar-refractivity contribution in [2.75, 3.05) is 26.2 Å². The third-order valence-corrected chi connectivity index (χ3v) is 3.00. The topological polar surface area (TPSA) is 78.6 Å². The van der Waals surface area contributed by atoms with E-state index in [0.717, 1.165) is 13.1 Å². The maximum atomic E-state index is 12.2. The van der Waals surface area contributed by atoms with E-state index >= 15 is 0 Å². The van der Waals surface area contributed by atoms with E-state index in [0.29, 0.717) is 18.7 Å². The van der Waals surface area contributed by atoms with Crippen molar-refractivity contribution in [1.29, 1.82) is 0 Å². The summed E-state index contributed by atoms with van der Waals surface area (Å²) in [6.07, 6.45) is 0. The van der Waals surface area contributed by atoms with Crippen molar-refractivity contribution < 1.29 is 9.90 Å². The van der Waals surface area contributed by atoms with Crippen LogP contribution in [0.1, 0.15) is 10.4 Å². The summed E-state index contributed by atoms with van der Waals surface area (Å²) in [6, 6.07) is 6.35. The fourth-order valence-corrected chi connectivity index (χ4v) is 2.01. The molecule has 0 radical (unpaired) electrons. The van der Waals surface area contributed by atoms with Gasteiger partial charge in [-0.3, -0.25) is 4.79 Å². The maximum absolute atomic E-state index is 12.2. The van der Waals surface area contributed by atoms with Crippen LogP contribution < -0.4 is 11.1 Å². The smallest absolute Gasteiger partial charge is 0.254 e. The minimum absolute atomic E-state index is 0.0260. The molecule has 92 valence electrons. The Labute approximate surface area is 100 Å². The van der Waals surface area contributed by atoms with Crippen LogP contribution in [0.3, 0.4) is 0 Å². The summed E-state index contributed by atoms with van der Waals surface area (Å²) < 4.78 is 0. The highest BCUT2D eigenvalue weighted by atomic mass is 16.3. The number of piperazine rings is 1. The molecule has 4 N–H and O–H groups in total. The fourth-order valence-electron chi connectivity index (χ4n) is 2.01. The number of benzene rings is 1. The van der Waals surface area contributed by atoms with Crippen LogP contribution in [0, 0.1) is 0 Å². The van der Waals surface area contributed by atoms with E-state index in [2.05, 4.69) is 5.32 Å². The first kappa shape index (κ1) is 11.9. The zero-order valence-corrected chi connectivity index (χ0v) is 9.60. The molecule has 0 spiro atoms. The molecule has 0 aromatic heterocycles. The molecule has 1 aliphatic rings. The van der Waals surface area contributed by atoms with Gasteiger partial charge in [0.1, 0.15) is 5.75 Å². The molecule has 0 aliphatic carbocycles. The Balaban J connectivity index is 2.15. The first-order chi connectivity index (χ1) is 8.22.